The van der Waals surface area contributed by atoms with E-state index in [0.717, 1.165) is 24.2 Å². The van der Waals surface area contributed by atoms with Crippen molar-refractivity contribution in [1.82, 2.24) is 19.7 Å². The van der Waals surface area contributed by atoms with Gasteiger partial charge in [0.25, 0.3) is 0 Å². The van der Waals surface area contributed by atoms with Crippen LogP contribution in [0.2, 0.25) is 0 Å². The van der Waals surface area contributed by atoms with Crippen LogP contribution in [0.25, 0.3) is 16.8 Å². The molecule has 3 aromatic rings. The zero-order chi connectivity index (χ0) is 14.7. The first-order valence-electron chi connectivity index (χ1n) is 7.34. The van der Waals surface area contributed by atoms with Gasteiger partial charge in [-0.3, -0.25) is 9.55 Å². The molecule has 3 heterocycles. The smallest absolute Gasteiger partial charge is 0.137 e. The van der Waals surface area contributed by atoms with Crippen molar-refractivity contribution in [3.8, 4) is 16.8 Å². The average Bonchev–Trinajstić information content (AvgIpc) is 3.06. The van der Waals surface area contributed by atoms with E-state index >= 15 is 0 Å². The van der Waals surface area contributed by atoms with Crippen LogP contribution in [0.5, 0.6) is 0 Å². The molecule has 1 aliphatic heterocycles. The molecule has 0 spiro atoms. The van der Waals surface area contributed by atoms with Crippen LogP contribution in [0.3, 0.4) is 0 Å². The average molecular weight is 278 g/mol. The molecule has 2 aromatic heterocycles. The Bertz CT molecular complexity index is 732. The second kappa shape index (κ2) is 5.87. The fourth-order valence-electron chi connectivity index (χ4n) is 2.61. The standard InChI is InChI=1S/C15H12N4.C2H6/c1-2-13(9-16-7-1)11-3-5-14-12(8-11)4-6-15-18-17-10-19(14)15;1-2/h1-3,5,7-10H,4,6H2;1-2H3. The van der Waals surface area contributed by atoms with E-state index in [1.54, 1.807) is 12.5 Å². The molecule has 1 aliphatic rings. The molecule has 4 heteroatoms. The summed E-state index contributed by atoms with van der Waals surface area (Å²) in [6.45, 7) is 4.00. The van der Waals surface area contributed by atoms with E-state index in [0.29, 0.717) is 0 Å². The van der Waals surface area contributed by atoms with Gasteiger partial charge in [-0.05, 0) is 41.3 Å². The summed E-state index contributed by atoms with van der Waals surface area (Å²) in [6, 6.07) is 10.6. The van der Waals surface area contributed by atoms with Crippen LogP contribution in [-0.2, 0) is 12.8 Å². The van der Waals surface area contributed by atoms with Crippen molar-refractivity contribution in [3.63, 3.8) is 0 Å². The van der Waals surface area contributed by atoms with E-state index in [-0.39, 0.29) is 0 Å². The predicted octanol–water partition coefficient (Wildman–Crippen LogP) is 3.45. The highest BCUT2D eigenvalue weighted by atomic mass is 15.3. The summed E-state index contributed by atoms with van der Waals surface area (Å²) in [5, 5.41) is 8.13. The summed E-state index contributed by atoms with van der Waals surface area (Å²) in [7, 11) is 0. The van der Waals surface area contributed by atoms with Crippen LogP contribution in [0.4, 0.5) is 0 Å². The number of aryl methyl sites for hydroxylation is 2. The number of aromatic nitrogens is 4. The van der Waals surface area contributed by atoms with E-state index in [1.165, 1.54) is 16.8 Å². The molecule has 0 bridgehead atoms. The number of nitrogens with zero attached hydrogens (tertiary/aromatic N) is 4. The molecular weight excluding hydrogens is 260 g/mol. The van der Waals surface area contributed by atoms with Gasteiger partial charge in [0.15, 0.2) is 0 Å². The van der Waals surface area contributed by atoms with Crippen LogP contribution >= 0.6 is 0 Å². The molecule has 0 amide bonds. The molecule has 0 saturated carbocycles. The Balaban J connectivity index is 0.000000636. The Morgan fingerprint density at radius 1 is 1.05 bits per heavy atom. The van der Waals surface area contributed by atoms with E-state index in [2.05, 4.69) is 44.0 Å². The first-order chi connectivity index (χ1) is 10.4. The Kier molecular flexibility index (Phi) is 3.77. The van der Waals surface area contributed by atoms with Gasteiger partial charge in [0.1, 0.15) is 12.2 Å². The molecule has 4 rings (SSSR count). The lowest BCUT2D eigenvalue weighted by Crippen LogP contribution is -2.11. The van der Waals surface area contributed by atoms with E-state index in [1.807, 2.05) is 26.1 Å². The maximum Gasteiger partial charge on any atom is 0.137 e. The number of rotatable bonds is 1. The Morgan fingerprint density at radius 3 is 2.76 bits per heavy atom. The Labute approximate surface area is 124 Å². The largest absolute Gasteiger partial charge is 0.285 e. The summed E-state index contributed by atoms with van der Waals surface area (Å²) in [6.07, 6.45) is 7.45. The number of pyridine rings is 1. The van der Waals surface area contributed by atoms with E-state index in [9.17, 15) is 0 Å². The molecule has 4 nitrogen and oxygen atoms in total. The Morgan fingerprint density at radius 2 is 1.95 bits per heavy atom. The van der Waals surface area contributed by atoms with Gasteiger partial charge < -0.3 is 0 Å². The van der Waals surface area contributed by atoms with Crippen LogP contribution in [0.15, 0.2) is 49.1 Å². The second-order valence-electron chi connectivity index (χ2n) is 4.70. The monoisotopic (exact) mass is 278 g/mol. The molecule has 0 N–H and O–H groups in total. The molecule has 0 unspecified atom stereocenters. The molecule has 1 aromatic carbocycles. The molecule has 21 heavy (non-hydrogen) atoms. The molecule has 0 fully saturated rings. The van der Waals surface area contributed by atoms with Gasteiger partial charge >= 0.3 is 0 Å². The zero-order valence-electron chi connectivity index (χ0n) is 12.3. The van der Waals surface area contributed by atoms with Crippen molar-refractivity contribution >= 4 is 0 Å². The van der Waals surface area contributed by atoms with E-state index in [4.69, 9.17) is 0 Å². The Hall–Kier alpha value is -2.49. The highest BCUT2D eigenvalue weighted by molar-refractivity contribution is 5.66. The number of hydrogen-bond acceptors (Lipinski definition) is 3. The lowest BCUT2D eigenvalue weighted by molar-refractivity contribution is 0.775. The van der Waals surface area contributed by atoms with Gasteiger partial charge in [-0.25, -0.2) is 0 Å². The first kappa shape index (κ1) is 13.5. The van der Waals surface area contributed by atoms with Crippen molar-refractivity contribution in [3.05, 3.63) is 60.4 Å². The first-order valence-corrected chi connectivity index (χ1v) is 7.34. The summed E-state index contributed by atoms with van der Waals surface area (Å²) in [5.74, 6) is 1.04. The molecule has 0 radical (unpaired) electrons. The van der Waals surface area contributed by atoms with E-state index < -0.39 is 0 Å². The SMILES string of the molecule is CC.c1cncc(-c2ccc3c(c2)CCc2nncn2-3)c1. The minimum atomic E-state index is 0.948. The summed E-state index contributed by atoms with van der Waals surface area (Å²) >= 11 is 0. The predicted molar refractivity (Wildman–Crippen MR) is 83.3 cm³/mol. The van der Waals surface area contributed by atoms with Gasteiger partial charge in [0, 0.05) is 18.8 Å². The zero-order valence-corrected chi connectivity index (χ0v) is 12.3. The van der Waals surface area contributed by atoms with Gasteiger partial charge in [0.05, 0.1) is 5.69 Å². The van der Waals surface area contributed by atoms with Gasteiger partial charge in [-0.1, -0.05) is 26.0 Å². The quantitative estimate of drug-likeness (QED) is 0.684. The van der Waals surface area contributed by atoms with Crippen LogP contribution < -0.4 is 0 Å². The molecule has 0 aliphatic carbocycles. The third-order valence-corrected chi connectivity index (χ3v) is 3.57. The van der Waals surface area contributed by atoms with Crippen molar-refractivity contribution in [2.24, 2.45) is 0 Å². The summed E-state index contributed by atoms with van der Waals surface area (Å²) in [5.41, 5.74) is 4.90. The lowest BCUT2D eigenvalue weighted by Gasteiger charge is -2.18. The minimum Gasteiger partial charge on any atom is -0.285 e. The second-order valence-corrected chi connectivity index (χ2v) is 4.70. The summed E-state index contributed by atoms with van der Waals surface area (Å²) < 4.78 is 2.08. The maximum absolute atomic E-state index is 4.18. The fourth-order valence-corrected chi connectivity index (χ4v) is 2.61. The van der Waals surface area contributed by atoms with Crippen LogP contribution in [0.1, 0.15) is 25.2 Å². The van der Waals surface area contributed by atoms with Crippen molar-refractivity contribution < 1.29 is 0 Å². The topological polar surface area (TPSA) is 43.6 Å². The highest BCUT2D eigenvalue weighted by Gasteiger charge is 2.17. The number of benzene rings is 1. The van der Waals surface area contributed by atoms with Crippen molar-refractivity contribution in [2.75, 3.05) is 0 Å². The fraction of sp³-hybridized carbons (Fsp3) is 0.235. The molecule has 106 valence electrons. The maximum atomic E-state index is 4.18. The minimum absolute atomic E-state index is 0.948. The van der Waals surface area contributed by atoms with Crippen molar-refractivity contribution in [2.45, 2.75) is 26.7 Å². The normalized spacial score (nSPS) is 11.9. The number of fused-ring (bicyclic) bond motifs is 3. The molecular formula is C17H18N4. The van der Waals surface area contributed by atoms with Crippen molar-refractivity contribution in [1.29, 1.82) is 0 Å². The summed E-state index contributed by atoms with van der Waals surface area (Å²) in [4.78, 5) is 4.18. The third kappa shape index (κ3) is 2.44. The molecule has 0 atom stereocenters. The van der Waals surface area contributed by atoms with Crippen LogP contribution in [-0.4, -0.2) is 19.7 Å². The van der Waals surface area contributed by atoms with Gasteiger partial charge in [-0.2, -0.15) is 0 Å². The van der Waals surface area contributed by atoms with Gasteiger partial charge in [0.2, 0.25) is 0 Å². The highest BCUT2D eigenvalue weighted by Crippen LogP contribution is 2.28. The number of hydrogen-bond donors (Lipinski definition) is 0. The molecule has 0 saturated heterocycles. The van der Waals surface area contributed by atoms with Crippen LogP contribution in [0, 0.1) is 0 Å². The third-order valence-electron chi connectivity index (χ3n) is 3.57. The lowest BCUT2D eigenvalue weighted by atomic mass is 9.98. The van der Waals surface area contributed by atoms with Gasteiger partial charge in [-0.15, -0.1) is 10.2 Å².